The summed E-state index contributed by atoms with van der Waals surface area (Å²) in [5, 5.41) is 20.2. The van der Waals surface area contributed by atoms with Crippen LogP contribution in [0.25, 0.3) is 0 Å². The number of carbonyl (C=O) groups excluding carboxylic acids is 1. The summed E-state index contributed by atoms with van der Waals surface area (Å²) in [6.45, 7) is 5.07. The van der Waals surface area contributed by atoms with Crippen LogP contribution in [0.15, 0.2) is 0 Å². The Balaban J connectivity index is 4.41. The summed E-state index contributed by atoms with van der Waals surface area (Å²) in [6.07, 6.45) is 0.226. The fourth-order valence-electron chi connectivity index (χ4n) is 1.32. The Kier molecular flexibility index (Phi) is 5.93. The van der Waals surface area contributed by atoms with E-state index in [1.807, 2.05) is 13.8 Å². The molecule has 0 aromatic rings. The average molecular weight is 217 g/mol. The van der Waals surface area contributed by atoms with Gasteiger partial charge in [-0.2, -0.15) is 0 Å². The first kappa shape index (κ1) is 13.9. The van der Waals surface area contributed by atoms with Gasteiger partial charge in [0.25, 0.3) is 0 Å². The second-order valence-electron chi connectivity index (χ2n) is 3.58. The van der Waals surface area contributed by atoms with Crippen molar-refractivity contribution in [3.05, 3.63) is 0 Å². The van der Waals surface area contributed by atoms with E-state index in [0.717, 1.165) is 0 Å². The lowest BCUT2D eigenvalue weighted by atomic mass is 10.0. The highest BCUT2D eigenvalue weighted by molar-refractivity contribution is 5.85. The van der Waals surface area contributed by atoms with Crippen LogP contribution in [-0.4, -0.2) is 34.2 Å². The third kappa shape index (κ3) is 4.29. The second-order valence-corrected chi connectivity index (χ2v) is 3.58. The van der Waals surface area contributed by atoms with Gasteiger partial charge in [-0.15, -0.1) is 0 Å². The molecule has 0 saturated carbocycles. The number of aliphatic hydroxyl groups excluding tert-OH is 1. The number of hydrogen-bond acceptors (Lipinski definition) is 3. The minimum Gasteiger partial charge on any atom is -0.480 e. The molecule has 0 aliphatic heterocycles. The van der Waals surface area contributed by atoms with E-state index in [0.29, 0.717) is 12.8 Å². The van der Waals surface area contributed by atoms with Crippen molar-refractivity contribution in [2.75, 3.05) is 0 Å². The fraction of sp³-hybridized carbons (Fsp3) is 0.800. The van der Waals surface area contributed by atoms with Crippen LogP contribution >= 0.6 is 0 Å². The Bertz CT molecular complexity index is 223. The lowest BCUT2D eigenvalue weighted by Gasteiger charge is -2.20. The highest BCUT2D eigenvalue weighted by Gasteiger charge is 2.27. The average Bonchev–Trinajstić information content (AvgIpc) is 2.15. The van der Waals surface area contributed by atoms with Gasteiger partial charge in [-0.1, -0.05) is 13.8 Å². The molecule has 0 bridgehead atoms. The van der Waals surface area contributed by atoms with Crippen molar-refractivity contribution in [1.82, 2.24) is 5.32 Å². The number of aliphatic hydroxyl groups is 1. The quantitative estimate of drug-likeness (QED) is 0.600. The van der Waals surface area contributed by atoms with Crippen LogP contribution in [0.4, 0.5) is 0 Å². The molecule has 0 spiro atoms. The molecule has 0 aliphatic rings. The number of amides is 1. The van der Waals surface area contributed by atoms with E-state index in [1.165, 1.54) is 6.92 Å². The first-order chi connectivity index (χ1) is 6.93. The molecular weight excluding hydrogens is 198 g/mol. The minimum absolute atomic E-state index is 0.189. The Labute approximate surface area is 89.5 Å². The van der Waals surface area contributed by atoms with Gasteiger partial charge in [0.1, 0.15) is 0 Å². The highest BCUT2D eigenvalue weighted by Crippen LogP contribution is 2.08. The number of carboxylic acid groups (broad SMARTS) is 1. The largest absolute Gasteiger partial charge is 0.480 e. The topological polar surface area (TPSA) is 86.6 Å². The minimum atomic E-state index is -1.22. The van der Waals surface area contributed by atoms with Gasteiger partial charge in [0.05, 0.1) is 6.10 Å². The molecule has 5 nitrogen and oxygen atoms in total. The molecule has 0 aromatic heterocycles. The molecule has 5 heteroatoms. The molecule has 0 aromatic carbocycles. The molecule has 3 N–H and O–H groups in total. The van der Waals surface area contributed by atoms with Gasteiger partial charge < -0.3 is 15.5 Å². The maximum Gasteiger partial charge on any atom is 0.328 e. The Morgan fingerprint density at radius 3 is 2.00 bits per heavy atom. The van der Waals surface area contributed by atoms with E-state index in [4.69, 9.17) is 10.2 Å². The molecule has 0 saturated heterocycles. The summed E-state index contributed by atoms with van der Waals surface area (Å²) in [7, 11) is 0. The summed E-state index contributed by atoms with van der Waals surface area (Å²) >= 11 is 0. The van der Waals surface area contributed by atoms with E-state index in [2.05, 4.69) is 5.32 Å². The lowest BCUT2D eigenvalue weighted by Crippen LogP contribution is -2.49. The maximum absolute atomic E-state index is 11.5. The molecule has 0 unspecified atom stereocenters. The van der Waals surface area contributed by atoms with Crippen molar-refractivity contribution in [3.8, 4) is 0 Å². The van der Waals surface area contributed by atoms with E-state index in [9.17, 15) is 9.59 Å². The summed E-state index contributed by atoms with van der Waals surface area (Å²) < 4.78 is 0. The third-order valence-electron chi connectivity index (χ3n) is 2.40. The van der Waals surface area contributed by atoms with Gasteiger partial charge in [-0.3, -0.25) is 4.79 Å². The molecule has 0 heterocycles. The van der Waals surface area contributed by atoms with Crippen molar-refractivity contribution in [2.45, 2.75) is 45.8 Å². The van der Waals surface area contributed by atoms with Gasteiger partial charge in [0, 0.05) is 5.92 Å². The Morgan fingerprint density at radius 1 is 1.27 bits per heavy atom. The van der Waals surface area contributed by atoms with Crippen LogP contribution < -0.4 is 5.32 Å². The first-order valence-electron chi connectivity index (χ1n) is 5.15. The number of rotatable bonds is 6. The van der Waals surface area contributed by atoms with E-state index >= 15 is 0 Å². The number of carboxylic acids is 1. The SMILES string of the molecule is CCC(CC)C(=O)N[C@H](C(=O)O)[C@@H](C)O. The molecule has 88 valence electrons. The van der Waals surface area contributed by atoms with Gasteiger partial charge in [0.2, 0.25) is 5.91 Å². The standard InChI is InChI=1S/C10H19NO4/c1-4-7(5-2)9(13)11-8(6(3)12)10(14)15/h6-8,12H,4-5H2,1-3H3,(H,11,13)(H,14,15)/t6-,8+/m1/s1. The van der Waals surface area contributed by atoms with Crippen molar-refractivity contribution >= 4 is 11.9 Å². The van der Waals surface area contributed by atoms with Crippen molar-refractivity contribution in [1.29, 1.82) is 0 Å². The van der Waals surface area contributed by atoms with Crippen LogP contribution in [0, 0.1) is 5.92 Å². The van der Waals surface area contributed by atoms with E-state index < -0.39 is 18.1 Å². The lowest BCUT2D eigenvalue weighted by molar-refractivity contribution is -0.145. The van der Waals surface area contributed by atoms with Crippen molar-refractivity contribution in [3.63, 3.8) is 0 Å². The number of carbonyl (C=O) groups is 2. The number of hydrogen-bond donors (Lipinski definition) is 3. The van der Waals surface area contributed by atoms with Crippen LogP contribution in [0.3, 0.4) is 0 Å². The molecular formula is C10H19NO4. The van der Waals surface area contributed by atoms with Gasteiger partial charge in [-0.25, -0.2) is 4.79 Å². The van der Waals surface area contributed by atoms with E-state index in [1.54, 1.807) is 0 Å². The predicted molar refractivity (Wildman–Crippen MR) is 55.3 cm³/mol. The summed E-state index contributed by atoms with van der Waals surface area (Å²) in [4.78, 5) is 22.2. The Hall–Kier alpha value is -1.10. The van der Waals surface area contributed by atoms with Gasteiger partial charge >= 0.3 is 5.97 Å². The second kappa shape index (κ2) is 6.40. The van der Waals surface area contributed by atoms with Crippen LogP contribution in [0.2, 0.25) is 0 Å². The highest BCUT2D eigenvalue weighted by atomic mass is 16.4. The zero-order valence-corrected chi connectivity index (χ0v) is 9.36. The van der Waals surface area contributed by atoms with Crippen molar-refractivity contribution in [2.24, 2.45) is 5.92 Å². The monoisotopic (exact) mass is 217 g/mol. The van der Waals surface area contributed by atoms with Crippen molar-refractivity contribution < 1.29 is 19.8 Å². The van der Waals surface area contributed by atoms with Gasteiger partial charge in [0.15, 0.2) is 6.04 Å². The van der Waals surface area contributed by atoms with Crippen LogP contribution in [0.5, 0.6) is 0 Å². The predicted octanol–water partition coefficient (Wildman–Crippen LogP) is 0.373. The molecule has 15 heavy (non-hydrogen) atoms. The molecule has 2 atom stereocenters. The summed E-state index contributed by atoms with van der Waals surface area (Å²) in [5.74, 6) is -1.72. The van der Waals surface area contributed by atoms with Crippen LogP contribution in [0.1, 0.15) is 33.6 Å². The molecule has 0 radical (unpaired) electrons. The molecule has 1 amide bonds. The fourth-order valence-corrected chi connectivity index (χ4v) is 1.32. The zero-order chi connectivity index (χ0) is 12.0. The zero-order valence-electron chi connectivity index (χ0n) is 9.36. The smallest absolute Gasteiger partial charge is 0.328 e. The van der Waals surface area contributed by atoms with Gasteiger partial charge in [-0.05, 0) is 19.8 Å². The Morgan fingerprint density at radius 2 is 1.73 bits per heavy atom. The maximum atomic E-state index is 11.5. The number of nitrogens with one attached hydrogen (secondary N) is 1. The summed E-state index contributed by atoms with van der Waals surface area (Å²) in [6, 6.07) is -1.22. The first-order valence-corrected chi connectivity index (χ1v) is 5.15. The summed E-state index contributed by atoms with van der Waals surface area (Å²) in [5.41, 5.74) is 0. The van der Waals surface area contributed by atoms with E-state index in [-0.39, 0.29) is 11.8 Å². The van der Waals surface area contributed by atoms with Crippen LogP contribution in [-0.2, 0) is 9.59 Å². The normalized spacial score (nSPS) is 14.7. The molecule has 0 fully saturated rings. The third-order valence-corrected chi connectivity index (χ3v) is 2.40. The number of aliphatic carboxylic acids is 1. The molecule has 0 rings (SSSR count). The molecule has 0 aliphatic carbocycles.